The van der Waals surface area contributed by atoms with Crippen LogP contribution in [-0.4, -0.2) is 26.8 Å². The normalized spacial score (nSPS) is 13.0. The minimum Gasteiger partial charge on any atom is -0.406 e. The van der Waals surface area contributed by atoms with Gasteiger partial charge in [-0.1, -0.05) is 23.5 Å². The van der Waals surface area contributed by atoms with E-state index in [9.17, 15) is 18.0 Å². The van der Waals surface area contributed by atoms with Gasteiger partial charge >= 0.3 is 6.36 Å². The van der Waals surface area contributed by atoms with Crippen LogP contribution >= 0.6 is 11.3 Å². The van der Waals surface area contributed by atoms with Crippen molar-refractivity contribution in [1.29, 1.82) is 0 Å². The van der Waals surface area contributed by atoms with Gasteiger partial charge in [0.15, 0.2) is 5.13 Å². The fourth-order valence-electron chi connectivity index (χ4n) is 2.78. The van der Waals surface area contributed by atoms with Crippen LogP contribution in [0.3, 0.4) is 0 Å². The average molecular weight is 406 g/mol. The molecular weight excluding hydrogens is 393 g/mol. The fraction of sp³-hybridized carbons (Fsp3) is 0.167. The van der Waals surface area contributed by atoms with Crippen LogP contribution in [0.5, 0.6) is 5.75 Å². The molecule has 0 bridgehead atoms. The summed E-state index contributed by atoms with van der Waals surface area (Å²) in [7, 11) is 0. The lowest BCUT2D eigenvalue weighted by Crippen LogP contribution is -2.23. The zero-order valence-electron chi connectivity index (χ0n) is 14.4. The van der Waals surface area contributed by atoms with E-state index in [1.807, 2.05) is 24.3 Å². The molecule has 6 nitrogen and oxygen atoms in total. The highest BCUT2D eigenvalue weighted by molar-refractivity contribution is 7.22. The number of hydrogen-bond donors (Lipinski definition) is 1. The molecule has 1 atom stereocenters. The number of fused-ring (bicyclic) bond motifs is 2. The number of alkyl halides is 3. The number of aromatic nitrogens is 3. The summed E-state index contributed by atoms with van der Waals surface area (Å²) in [6, 6.07) is 10.7. The van der Waals surface area contributed by atoms with E-state index >= 15 is 0 Å². The number of rotatable bonds is 4. The van der Waals surface area contributed by atoms with Gasteiger partial charge in [0.2, 0.25) is 5.91 Å². The average Bonchev–Trinajstić information content (AvgIpc) is 3.22. The maximum absolute atomic E-state index is 12.6. The molecule has 4 rings (SSSR count). The second kappa shape index (κ2) is 6.79. The molecule has 0 fully saturated rings. The first kappa shape index (κ1) is 18.2. The van der Waals surface area contributed by atoms with E-state index in [4.69, 9.17) is 0 Å². The standard InChI is InChI=1S/C18H13F3N4O2S/c1-10(25-9-22-12-4-2-3-5-14(12)25)16(26)24-17-23-13-7-6-11(8-15(13)28-17)27-18(19,20)21/h2-10H,1H3,(H,23,24,26). The Morgan fingerprint density at radius 3 is 2.79 bits per heavy atom. The Morgan fingerprint density at radius 1 is 1.21 bits per heavy atom. The van der Waals surface area contributed by atoms with E-state index in [0.29, 0.717) is 15.3 Å². The smallest absolute Gasteiger partial charge is 0.406 e. The molecule has 4 aromatic rings. The molecule has 2 aromatic carbocycles. The topological polar surface area (TPSA) is 69.0 Å². The number of anilines is 1. The second-order valence-corrected chi connectivity index (χ2v) is 7.03. The third-order valence-electron chi connectivity index (χ3n) is 4.10. The van der Waals surface area contributed by atoms with Gasteiger partial charge in [0.25, 0.3) is 0 Å². The number of thiazole rings is 1. The molecule has 0 saturated carbocycles. The van der Waals surface area contributed by atoms with Crippen molar-refractivity contribution in [3.05, 3.63) is 48.8 Å². The summed E-state index contributed by atoms with van der Waals surface area (Å²) in [4.78, 5) is 21.1. The number of ether oxygens (including phenoxy) is 1. The second-order valence-electron chi connectivity index (χ2n) is 6.00. The molecule has 0 aliphatic rings. The molecule has 144 valence electrons. The number of nitrogens with zero attached hydrogens (tertiary/aromatic N) is 3. The monoisotopic (exact) mass is 406 g/mol. The molecule has 1 amide bonds. The van der Waals surface area contributed by atoms with Crippen molar-refractivity contribution >= 4 is 43.6 Å². The summed E-state index contributed by atoms with van der Waals surface area (Å²) in [6.07, 6.45) is -3.17. The molecule has 0 aliphatic heterocycles. The van der Waals surface area contributed by atoms with Crippen LogP contribution in [0, 0.1) is 0 Å². The molecule has 0 spiro atoms. The molecule has 2 aromatic heterocycles. The Kier molecular flexibility index (Phi) is 4.42. The Hall–Kier alpha value is -3.14. The summed E-state index contributed by atoms with van der Waals surface area (Å²) in [5.74, 6) is -0.645. The Balaban J connectivity index is 1.54. The van der Waals surface area contributed by atoms with Crippen LogP contribution in [-0.2, 0) is 4.79 Å². The number of nitrogens with one attached hydrogen (secondary N) is 1. The number of carbonyl (C=O) groups excluding carboxylic acids is 1. The number of para-hydroxylation sites is 2. The van der Waals surface area contributed by atoms with Gasteiger partial charge in [0.1, 0.15) is 11.8 Å². The molecule has 0 radical (unpaired) electrons. The van der Waals surface area contributed by atoms with Crippen LogP contribution in [0.2, 0.25) is 0 Å². The van der Waals surface area contributed by atoms with Crippen LogP contribution in [0.4, 0.5) is 18.3 Å². The number of hydrogen-bond acceptors (Lipinski definition) is 5. The van der Waals surface area contributed by atoms with Crippen LogP contribution in [0.1, 0.15) is 13.0 Å². The minimum atomic E-state index is -4.77. The van der Waals surface area contributed by atoms with Crippen LogP contribution in [0.15, 0.2) is 48.8 Å². The fourth-order valence-corrected chi connectivity index (χ4v) is 3.68. The SMILES string of the molecule is CC(C(=O)Nc1nc2ccc(OC(F)(F)F)cc2s1)n1cnc2ccccc21. The zero-order valence-corrected chi connectivity index (χ0v) is 15.2. The summed E-state index contributed by atoms with van der Waals surface area (Å²) < 4.78 is 43.2. The molecule has 28 heavy (non-hydrogen) atoms. The highest BCUT2D eigenvalue weighted by Gasteiger charge is 2.31. The Bertz CT molecular complexity index is 1170. The first-order valence-corrected chi connectivity index (χ1v) is 9.00. The lowest BCUT2D eigenvalue weighted by Gasteiger charge is -2.13. The summed E-state index contributed by atoms with van der Waals surface area (Å²) in [6.45, 7) is 1.73. The van der Waals surface area contributed by atoms with E-state index in [1.54, 1.807) is 17.8 Å². The predicted molar refractivity (Wildman–Crippen MR) is 99.4 cm³/mol. The first-order valence-electron chi connectivity index (χ1n) is 8.19. The minimum absolute atomic E-state index is 0.292. The van der Waals surface area contributed by atoms with E-state index < -0.39 is 12.4 Å². The Morgan fingerprint density at radius 2 is 2.00 bits per heavy atom. The van der Waals surface area contributed by atoms with Crippen molar-refractivity contribution in [3.8, 4) is 5.75 Å². The van der Waals surface area contributed by atoms with Crippen molar-refractivity contribution in [1.82, 2.24) is 14.5 Å². The maximum Gasteiger partial charge on any atom is 0.573 e. The first-order chi connectivity index (χ1) is 13.3. The largest absolute Gasteiger partial charge is 0.573 e. The predicted octanol–water partition coefficient (Wildman–Crippen LogP) is 4.74. The molecule has 0 saturated heterocycles. The van der Waals surface area contributed by atoms with Gasteiger partial charge in [-0.25, -0.2) is 9.97 Å². The summed E-state index contributed by atoms with van der Waals surface area (Å²) in [5.41, 5.74) is 2.07. The number of imidazole rings is 1. The van der Waals surface area contributed by atoms with Crippen molar-refractivity contribution < 1.29 is 22.7 Å². The van der Waals surface area contributed by atoms with E-state index in [0.717, 1.165) is 22.4 Å². The van der Waals surface area contributed by atoms with Gasteiger partial charge in [-0.15, -0.1) is 13.2 Å². The molecule has 1 N–H and O–H groups in total. The van der Waals surface area contributed by atoms with E-state index in [-0.39, 0.29) is 11.7 Å². The summed E-state index contributed by atoms with van der Waals surface area (Å²) in [5, 5.41) is 3.00. The van der Waals surface area contributed by atoms with Gasteiger partial charge < -0.3 is 14.6 Å². The zero-order chi connectivity index (χ0) is 19.9. The van der Waals surface area contributed by atoms with Crippen molar-refractivity contribution in [2.45, 2.75) is 19.3 Å². The number of amides is 1. The van der Waals surface area contributed by atoms with Crippen LogP contribution < -0.4 is 10.1 Å². The quantitative estimate of drug-likeness (QED) is 0.531. The number of benzene rings is 2. The van der Waals surface area contributed by atoms with Crippen LogP contribution in [0.25, 0.3) is 21.3 Å². The number of carbonyl (C=O) groups is 1. The van der Waals surface area contributed by atoms with E-state index in [2.05, 4.69) is 20.0 Å². The maximum atomic E-state index is 12.6. The Labute approximate surface area is 160 Å². The van der Waals surface area contributed by atoms with Crippen molar-refractivity contribution in [2.24, 2.45) is 0 Å². The lowest BCUT2D eigenvalue weighted by atomic mass is 10.2. The van der Waals surface area contributed by atoms with Crippen molar-refractivity contribution in [2.75, 3.05) is 5.32 Å². The van der Waals surface area contributed by atoms with Gasteiger partial charge in [-0.2, -0.15) is 0 Å². The number of halogens is 3. The van der Waals surface area contributed by atoms with Gasteiger partial charge in [-0.3, -0.25) is 4.79 Å². The van der Waals surface area contributed by atoms with Gasteiger partial charge in [0, 0.05) is 6.07 Å². The molecule has 1 unspecified atom stereocenters. The van der Waals surface area contributed by atoms with Gasteiger partial charge in [0.05, 0.1) is 27.6 Å². The molecule has 10 heteroatoms. The van der Waals surface area contributed by atoms with Crippen molar-refractivity contribution in [3.63, 3.8) is 0 Å². The van der Waals surface area contributed by atoms with Gasteiger partial charge in [-0.05, 0) is 31.2 Å². The highest BCUT2D eigenvalue weighted by atomic mass is 32.1. The van der Waals surface area contributed by atoms with E-state index in [1.165, 1.54) is 18.2 Å². The third-order valence-corrected chi connectivity index (χ3v) is 5.04. The molecule has 2 heterocycles. The molecular formula is C18H13F3N4O2S. The lowest BCUT2D eigenvalue weighted by molar-refractivity contribution is -0.274. The molecule has 0 aliphatic carbocycles. The summed E-state index contributed by atoms with van der Waals surface area (Å²) >= 11 is 1.07. The highest BCUT2D eigenvalue weighted by Crippen LogP contribution is 2.32. The third kappa shape index (κ3) is 3.63.